The van der Waals surface area contributed by atoms with Gasteiger partial charge < -0.3 is 11.3 Å². The monoisotopic (exact) mass is 153 g/mol. The lowest BCUT2D eigenvalue weighted by atomic mass is 10.1. The van der Waals surface area contributed by atoms with Crippen LogP contribution in [0.15, 0.2) is 24.3 Å². The third-order valence-corrected chi connectivity index (χ3v) is 1.51. The van der Waals surface area contributed by atoms with Crippen molar-refractivity contribution >= 4 is 0 Å². The first-order valence-corrected chi connectivity index (χ1v) is 3.61. The molecule has 0 spiro atoms. The highest BCUT2D eigenvalue weighted by Gasteiger charge is 1.95. The van der Waals surface area contributed by atoms with Gasteiger partial charge in [-0.15, -0.1) is 0 Å². The standard InChI is InChI=1S/C9H12O.H3N/c1-2-5-8-6-3-4-7-9(8)10;/h3-4,6-7,10H,2,5H2,1H3;1H3. The maximum absolute atomic E-state index is 9.24. The highest BCUT2D eigenvalue weighted by molar-refractivity contribution is 5.31. The third-order valence-electron chi connectivity index (χ3n) is 1.51. The van der Waals surface area contributed by atoms with Gasteiger partial charge in [0, 0.05) is 0 Å². The second-order valence-electron chi connectivity index (χ2n) is 2.38. The Bertz CT molecular complexity index is 210. The van der Waals surface area contributed by atoms with Crippen molar-refractivity contribution < 1.29 is 5.11 Å². The van der Waals surface area contributed by atoms with Gasteiger partial charge in [-0.05, 0) is 18.1 Å². The number of hydrogen-bond acceptors (Lipinski definition) is 2. The fourth-order valence-corrected chi connectivity index (χ4v) is 0.992. The van der Waals surface area contributed by atoms with E-state index in [1.807, 2.05) is 18.2 Å². The topological polar surface area (TPSA) is 55.2 Å². The SMILES string of the molecule is CCCc1ccccc1O.N. The fraction of sp³-hybridized carbons (Fsp3) is 0.333. The molecule has 11 heavy (non-hydrogen) atoms. The Morgan fingerprint density at radius 2 is 1.91 bits per heavy atom. The van der Waals surface area contributed by atoms with Crippen LogP contribution < -0.4 is 6.15 Å². The summed E-state index contributed by atoms with van der Waals surface area (Å²) in [5, 5.41) is 9.24. The van der Waals surface area contributed by atoms with Crippen LogP contribution in [0, 0.1) is 0 Å². The maximum atomic E-state index is 9.24. The molecule has 0 fully saturated rings. The Morgan fingerprint density at radius 3 is 2.45 bits per heavy atom. The average Bonchev–Trinajstić information content (AvgIpc) is 1.94. The van der Waals surface area contributed by atoms with E-state index in [2.05, 4.69) is 6.92 Å². The molecule has 0 aromatic heterocycles. The molecule has 1 aromatic rings. The van der Waals surface area contributed by atoms with Crippen LogP contribution in [-0.4, -0.2) is 5.11 Å². The number of para-hydroxylation sites is 1. The van der Waals surface area contributed by atoms with E-state index in [4.69, 9.17) is 0 Å². The molecular weight excluding hydrogens is 138 g/mol. The van der Waals surface area contributed by atoms with Gasteiger partial charge in [-0.1, -0.05) is 31.5 Å². The highest BCUT2D eigenvalue weighted by Crippen LogP contribution is 2.16. The number of aryl methyl sites for hydroxylation is 1. The highest BCUT2D eigenvalue weighted by atomic mass is 16.3. The predicted molar refractivity (Wildman–Crippen MR) is 47.1 cm³/mol. The summed E-state index contributed by atoms with van der Waals surface area (Å²) in [4.78, 5) is 0. The van der Waals surface area contributed by atoms with E-state index in [0.717, 1.165) is 18.4 Å². The minimum Gasteiger partial charge on any atom is -0.508 e. The van der Waals surface area contributed by atoms with E-state index in [-0.39, 0.29) is 6.15 Å². The average molecular weight is 153 g/mol. The van der Waals surface area contributed by atoms with Crippen LogP contribution in [0.5, 0.6) is 5.75 Å². The molecule has 1 rings (SSSR count). The minimum atomic E-state index is 0. The van der Waals surface area contributed by atoms with Gasteiger partial charge in [-0.3, -0.25) is 0 Å². The first kappa shape index (κ1) is 9.98. The molecule has 0 aliphatic rings. The fourth-order valence-electron chi connectivity index (χ4n) is 0.992. The first-order valence-electron chi connectivity index (χ1n) is 3.61. The predicted octanol–water partition coefficient (Wildman–Crippen LogP) is 2.51. The summed E-state index contributed by atoms with van der Waals surface area (Å²) >= 11 is 0. The first-order chi connectivity index (χ1) is 4.84. The molecule has 0 bridgehead atoms. The lowest BCUT2D eigenvalue weighted by Gasteiger charge is -1.99. The molecule has 0 saturated heterocycles. The number of phenols is 1. The van der Waals surface area contributed by atoms with Gasteiger partial charge >= 0.3 is 0 Å². The Morgan fingerprint density at radius 1 is 1.27 bits per heavy atom. The van der Waals surface area contributed by atoms with E-state index < -0.39 is 0 Å². The van der Waals surface area contributed by atoms with Crippen LogP contribution >= 0.6 is 0 Å². The van der Waals surface area contributed by atoms with Crippen LogP contribution in [-0.2, 0) is 6.42 Å². The third kappa shape index (κ3) is 2.60. The van der Waals surface area contributed by atoms with Crippen molar-refractivity contribution in [1.82, 2.24) is 6.15 Å². The normalized spacial score (nSPS) is 8.82. The van der Waals surface area contributed by atoms with E-state index in [1.165, 1.54) is 0 Å². The molecule has 2 heteroatoms. The molecule has 0 heterocycles. The molecule has 0 atom stereocenters. The van der Waals surface area contributed by atoms with Crippen molar-refractivity contribution in [2.75, 3.05) is 0 Å². The second kappa shape index (κ2) is 4.74. The summed E-state index contributed by atoms with van der Waals surface area (Å²) < 4.78 is 0. The van der Waals surface area contributed by atoms with E-state index in [1.54, 1.807) is 6.07 Å². The molecule has 4 N–H and O–H groups in total. The van der Waals surface area contributed by atoms with Crippen molar-refractivity contribution in [3.8, 4) is 5.75 Å². The van der Waals surface area contributed by atoms with Crippen LogP contribution in [0.25, 0.3) is 0 Å². The summed E-state index contributed by atoms with van der Waals surface area (Å²) in [5.41, 5.74) is 1.05. The van der Waals surface area contributed by atoms with E-state index in [9.17, 15) is 5.11 Å². The van der Waals surface area contributed by atoms with Crippen LogP contribution in [0.3, 0.4) is 0 Å². The number of hydrogen-bond donors (Lipinski definition) is 2. The molecule has 62 valence electrons. The van der Waals surface area contributed by atoms with Gasteiger partial charge in [0.1, 0.15) is 5.75 Å². The van der Waals surface area contributed by atoms with Gasteiger partial charge in [0.15, 0.2) is 0 Å². The number of aromatic hydroxyl groups is 1. The smallest absolute Gasteiger partial charge is 0.118 e. The zero-order valence-electron chi connectivity index (χ0n) is 6.88. The largest absolute Gasteiger partial charge is 0.508 e. The molecule has 0 aliphatic carbocycles. The lowest BCUT2D eigenvalue weighted by Crippen LogP contribution is -1.81. The quantitative estimate of drug-likeness (QED) is 0.685. The lowest BCUT2D eigenvalue weighted by molar-refractivity contribution is 0.467. The molecular formula is C9H15NO. The van der Waals surface area contributed by atoms with Crippen molar-refractivity contribution in [3.05, 3.63) is 29.8 Å². The minimum absolute atomic E-state index is 0. The molecule has 0 saturated carbocycles. The van der Waals surface area contributed by atoms with Crippen LogP contribution in [0.4, 0.5) is 0 Å². The number of benzene rings is 1. The van der Waals surface area contributed by atoms with Gasteiger partial charge in [0.25, 0.3) is 0 Å². The van der Waals surface area contributed by atoms with Crippen LogP contribution in [0.2, 0.25) is 0 Å². The Balaban J connectivity index is 0.000001000. The Labute approximate surface area is 67.5 Å². The molecule has 1 aromatic carbocycles. The second-order valence-corrected chi connectivity index (χ2v) is 2.38. The summed E-state index contributed by atoms with van der Waals surface area (Å²) in [6.45, 7) is 2.10. The van der Waals surface area contributed by atoms with Gasteiger partial charge in [-0.25, -0.2) is 0 Å². The summed E-state index contributed by atoms with van der Waals surface area (Å²) in [7, 11) is 0. The zero-order chi connectivity index (χ0) is 7.40. The summed E-state index contributed by atoms with van der Waals surface area (Å²) in [5.74, 6) is 0.421. The van der Waals surface area contributed by atoms with E-state index >= 15 is 0 Å². The Kier molecular flexibility index (Phi) is 4.30. The van der Waals surface area contributed by atoms with Gasteiger partial charge in [0.2, 0.25) is 0 Å². The van der Waals surface area contributed by atoms with Crippen molar-refractivity contribution in [2.45, 2.75) is 19.8 Å². The zero-order valence-corrected chi connectivity index (χ0v) is 6.88. The molecule has 0 aliphatic heterocycles. The Hall–Kier alpha value is -1.02. The van der Waals surface area contributed by atoms with Crippen molar-refractivity contribution in [2.24, 2.45) is 0 Å². The number of phenolic OH excluding ortho intramolecular Hbond substituents is 1. The maximum Gasteiger partial charge on any atom is 0.118 e. The van der Waals surface area contributed by atoms with E-state index in [0.29, 0.717) is 5.75 Å². The van der Waals surface area contributed by atoms with Gasteiger partial charge in [-0.2, -0.15) is 0 Å². The van der Waals surface area contributed by atoms with Crippen molar-refractivity contribution in [1.29, 1.82) is 0 Å². The van der Waals surface area contributed by atoms with Crippen molar-refractivity contribution in [3.63, 3.8) is 0 Å². The summed E-state index contributed by atoms with van der Waals surface area (Å²) in [6.07, 6.45) is 2.05. The molecule has 0 unspecified atom stereocenters. The molecule has 0 radical (unpaired) electrons. The molecule has 2 nitrogen and oxygen atoms in total. The summed E-state index contributed by atoms with van der Waals surface area (Å²) in [6, 6.07) is 7.48. The number of rotatable bonds is 2. The van der Waals surface area contributed by atoms with Gasteiger partial charge in [0.05, 0.1) is 0 Å². The molecule has 0 amide bonds. The van der Waals surface area contributed by atoms with Crippen LogP contribution in [0.1, 0.15) is 18.9 Å².